The van der Waals surface area contributed by atoms with Gasteiger partial charge in [0.1, 0.15) is 11.9 Å². The van der Waals surface area contributed by atoms with Crippen LogP contribution in [0.4, 0.5) is 0 Å². The van der Waals surface area contributed by atoms with Crippen molar-refractivity contribution < 1.29 is 22.8 Å². The lowest BCUT2D eigenvalue weighted by Crippen LogP contribution is -2.49. The Kier molecular flexibility index (Phi) is 7.95. The highest BCUT2D eigenvalue weighted by Crippen LogP contribution is 2.48. The fraction of sp³-hybridized carbons (Fsp3) is 0.355. The second kappa shape index (κ2) is 11.2. The highest BCUT2D eigenvalue weighted by Gasteiger charge is 2.44. The van der Waals surface area contributed by atoms with Gasteiger partial charge < -0.3 is 21.3 Å². The Labute approximate surface area is 255 Å². The topological polar surface area (TPSA) is 163 Å². The zero-order valence-electron chi connectivity index (χ0n) is 24.4. The van der Waals surface area contributed by atoms with E-state index in [2.05, 4.69) is 30.5 Å². The van der Waals surface area contributed by atoms with Gasteiger partial charge in [0.2, 0.25) is 11.8 Å². The lowest BCUT2D eigenvalue weighted by Gasteiger charge is -2.25. The maximum Gasteiger partial charge on any atom is 0.251 e. The van der Waals surface area contributed by atoms with E-state index in [0.717, 1.165) is 27.8 Å². The van der Waals surface area contributed by atoms with E-state index in [1.54, 1.807) is 24.4 Å². The summed E-state index contributed by atoms with van der Waals surface area (Å²) in [6.45, 7) is 5.53. The molecule has 0 bridgehead atoms. The smallest absolute Gasteiger partial charge is 0.251 e. The molecule has 5 rings (SSSR count). The van der Waals surface area contributed by atoms with Crippen LogP contribution >= 0.6 is 11.3 Å². The number of fused-ring (bicyclic) bond motifs is 3. The lowest BCUT2D eigenvalue weighted by atomic mass is 9.82. The van der Waals surface area contributed by atoms with E-state index in [1.807, 2.05) is 30.3 Å². The molecule has 3 aromatic rings. The van der Waals surface area contributed by atoms with Crippen molar-refractivity contribution in [1.82, 2.24) is 15.5 Å². The molecule has 1 aromatic heterocycles. The molecule has 3 amide bonds. The Hall–Kier alpha value is -4.03. The van der Waals surface area contributed by atoms with E-state index >= 15 is 0 Å². The van der Waals surface area contributed by atoms with Crippen LogP contribution < -0.4 is 16.4 Å². The normalized spacial score (nSPS) is 19.3. The highest BCUT2D eigenvalue weighted by molar-refractivity contribution is 7.91. The number of nitrogens with two attached hydrogens (primary N) is 1. The van der Waals surface area contributed by atoms with Crippen molar-refractivity contribution in [3.8, 4) is 11.1 Å². The van der Waals surface area contributed by atoms with Crippen LogP contribution in [-0.4, -0.2) is 67.5 Å². The van der Waals surface area contributed by atoms with Gasteiger partial charge in [0.05, 0.1) is 17.8 Å². The first-order valence-electron chi connectivity index (χ1n) is 13.9. The molecule has 226 valence electrons. The summed E-state index contributed by atoms with van der Waals surface area (Å²) in [7, 11) is -3.53. The Morgan fingerprint density at radius 2 is 1.79 bits per heavy atom. The van der Waals surface area contributed by atoms with Gasteiger partial charge in [-0.25, -0.2) is 8.42 Å². The maximum atomic E-state index is 13.3. The average Bonchev–Trinajstić information content (AvgIpc) is 3.68. The molecule has 1 aliphatic heterocycles. The van der Waals surface area contributed by atoms with E-state index in [4.69, 9.17) is 11.1 Å². The number of sulfone groups is 1. The largest absolute Gasteiger partial charge is 0.384 e. The number of nitrogens with one attached hydrogen (secondary N) is 3. The van der Waals surface area contributed by atoms with Crippen molar-refractivity contribution in [3.05, 3.63) is 81.0 Å². The number of thiophene rings is 1. The molecule has 43 heavy (non-hydrogen) atoms. The number of hydrogen-bond donors (Lipinski definition) is 4. The molecule has 1 aliphatic carbocycles. The third-order valence-electron chi connectivity index (χ3n) is 8.45. The number of amides is 3. The van der Waals surface area contributed by atoms with Crippen LogP contribution in [0.15, 0.2) is 53.9 Å². The number of rotatable bonds is 8. The minimum Gasteiger partial charge on any atom is -0.384 e. The SMILES string of the molecule is CC(NC(=O)[C@@H]1C[C@@H](S(C)(=O)=O)CN1C(=O)CNC(=O)c1ccc2c(c1)-c1ccccc1C2(C)C)c1cc(C(=N)N)cs1. The highest BCUT2D eigenvalue weighted by atomic mass is 32.2. The van der Waals surface area contributed by atoms with Crippen LogP contribution in [0.2, 0.25) is 0 Å². The van der Waals surface area contributed by atoms with E-state index in [0.29, 0.717) is 11.1 Å². The van der Waals surface area contributed by atoms with Gasteiger partial charge in [-0.05, 0) is 53.8 Å². The molecule has 5 N–H and O–H groups in total. The number of amidine groups is 1. The first-order chi connectivity index (χ1) is 20.2. The summed E-state index contributed by atoms with van der Waals surface area (Å²) in [5, 5.41) is 13.9. The Morgan fingerprint density at radius 3 is 2.47 bits per heavy atom. The molecule has 1 unspecified atom stereocenters. The number of carbonyl (C=O) groups is 3. The van der Waals surface area contributed by atoms with Crippen LogP contribution in [0.3, 0.4) is 0 Å². The van der Waals surface area contributed by atoms with Crippen molar-refractivity contribution in [2.24, 2.45) is 5.73 Å². The van der Waals surface area contributed by atoms with Gasteiger partial charge in [-0.3, -0.25) is 19.8 Å². The van der Waals surface area contributed by atoms with Crippen LogP contribution in [0.25, 0.3) is 11.1 Å². The Balaban J connectivity index is 1.29. The van der Waals surface area contributed by atoms with Crippen LogP contribution in [0.1, 0.15) is 65.2 Å². The van der Waals surface area contributed by atoms with Gasteiger partial charge in [0, 0.05) is 39.6 Å². The van der Waals surface area contributed by atoms with Crippen LogP contribution in [-0.2, 0) is 24.8 Å². The number of nitrogens with zero attached hydrogens (tertiary/aromatic N) is 1. The average molecular weight is 622 g/mol. The van der Waals surface area contributed by atoms with Gasteiger partial charge in [-0.2, -0.15) is 0 Å². The number of nitrogen functional groups attached to an aromatic ring is 1. The number of benzene rings is 2. The molecule has 0 spiro atoms. The van der Waals surface area contributed by atoms with E-state index in [-0.39, 0.29) is 30.8 Å². The molecular formula is C31H35N5O5S2. The monoisotopic (exact) mass is 621 g/mol. The Morgan fingerprint density at radius 1 is 1.09 bits per heavy atom. The standard InChI is InChI=1S/C31H35N5O5S2/c1-17(26-12-19(16-42-26)28(32)33)35-30(39)25-13-20(43(4,40)41)15-36(25)27(37)14-34-29(38)18-9-10-24-22(11-18)21-7-5-6-8-23(21)31(24,2)3/h5-12,16-17,20,25H,13-15H2,1-4H3,(H3,32,33)(H,34,38)(H,35,39)/t17?,20-,25+/m1/s1. The molecule has 1 fully saturated rings. The van der Waals surface area contributed by atoms with E-state index in [9.17, 15) is 22.8 Å². The second-order valence-electron chi connectivity index (χ2n) is 11.7. The molecule has 10 nitrogen and oxygen atoms in total. The van der Waals surface area contributed by atoms with Crippen molar-refractivity contribution >= 4 is 44.7 Å². The van der Waals surface area contributed by atoms with Crippen LogP contribution in [0, 0.1) is 5.41 Å². The van der Waals surface area contributed by atoms with Gasteiger partial charge in [-0.15, -0.1) is 11.3 Å². The van der Waals surface area contributed by atoms with Crippen molar-refractivity contribution in [3.63, 3.8) is 0 Å². The minimum atomic E-state index is -3.53. The first kappa shape index (κ1) is 30.4. The summed E-state index contributed by atoms with van der Waals surface area (Å²) in [5.74, 6) is -1.56. The first-order valence-corrected chi connectivity index (χ1v) is 16.8. The molecule has 2 heterocycles. The fourth-order valence-corrected chi connectivity index (χ4v) is 7.83. The molecule has 3 atom stereocenters. The Bertz CT molecular complexity index is 1750. The van der Waals surface area contributed by atoms with Gasteiger partial charge in [0.15, 0.2) is 9.84 Å². The predicted molar refractivity (Wildman–Crippen MR) is 167 cm³/mol. The second-order valence-corrected chi connectivity index (χ2v) is 15.0. The predicted octanol–water partition coefficient (Wildman–Crippen LogP) is 2.96. The number of carbonyl (C=O) groups excluding carboxylic acids is 3. The van der Waals surface area contributed by atoms with Gasteiger partial charge >= 0.3 is 0 Å². The fourth-order valence-electron chi connectivity index (χ4n) is 5.95. The molecule has 1 saturated heterocycles. The van der Waals surface area contributed by atoms with E-state index < -0.39 is 44.9 Å². The third kappa shape index (κ3) is 5.81. The quantitative estimate of drug-likeness (QED) is 0.223. The summed E-state index contributed by atoms with van der Waals surface area (Å²) < 4.78 is 24.8. The lowest BCUT2D eigenvalue weighted by molar-refractivity contribution is -0.137. The minimum absolute atomic E-state index is 0.0414. The number of hydrogen-bond acceptors (Lipinski definition) is 7. The summed E-state index contributed by atoms with van der Waals surface area (Å²) in [6.07, 6.45) is 1.05. The molecule has 0 radical (unpaired) electrons. The zero-order chi connectivity index (χ0) is 31.3. The molecule has 2 aromatic carbocycles. The van der Waals surface area contributed by atoms with Gasteiger partial charge in [-0.1, -0.05) is 44.2 Å². The van der Waals surface area contributed by atoms with E-state index in [1.165, 1.54) is 21.8 Å². The van der Waals surface area contributed by atoms with Gasteiger partial charge in [0.25, 0.3) is 5.91 Å². The maximum absolute atomic E-state index is 13.3. The molecule has 2 aliphatic rings. The summed E-state index contributed by atoms with van der Waals surface area (Å²) >= 11 is 1.34. The summed E-state index contributed by atoms with van der Waals surface area (Å²) in [6, 6.07) is 13.8. The van der Waals surface area contributed by atoms with Crippen LogP contribution in [0.5, 0.6) is 0 Å². The molecular weight excluding hydrogens is 587 g/mol. The van der Waals surface area contributed by atoms with Crippen molar-refractivity contribution in [1.29, 1.82) is 5.41 Å². The van der Waals surface area contributed by atoms with Crippen molar-refractivity contribution in [2.45, 2.75) is 49.9 Å². The van der Waals surface area contributed by atoms with Crippen molar-refractivity contribution in [2.75, 3.05) is 19.3 Å². The summed E-state index contributed by atoms with van der Waals surface area (Å²) in [4.78, 5) is 41.8. The molecule has 12 heteroatoms. The number of likely N-dealkylation sites (tertiary alicyclic amines) is 1. The molecule has 0 saturated carbocycles. The summed E-state index contributed by atoms with van der Waals surface area (Å²) in [5.41, 5.74) is 10.6. The zero-order valence-corrected chi connectivity index (χ0v) is 26.1. The third-order valence-corrected chi connectivity index (χ3v) is 11.1.